The predicted octanol–water partition coefficient (Wildman–Crippen LogP) is 3.67. The van der Waals surface area contributed by atoms with Crippen molar-refractivity contribution < 1.29 is 4.74 Å². The molecule has 1 N–H and O–H groups in total. The van der Waals surface area contributed by atoms with Crippen LogP contribution in [0.5, 0.6) is 0 Å². The largest absolute Gasteiger partial charge is 0.377 e. The van der Waals surface area contributed by atoms with Crippen molar-refractivity contribution >= 4 is 10.8 Å². The molecule has 0 radical (unpaired) electrons. The van der Waals surface area contributed by atoms with E-state index < -0.39 is 0 Å². The van der Waals surface area contributed by atoms with Gasteiger partial charge in [-0.05, 0) is 42.2 Å². The number of hydrogen-bond donors (Lipinski definition) is 1. The van der Waals surface area contributed by atoms with Crippen LogP contribution in [0.2, 0.25) is 0 Å². The van der Waals surface area contributed by atoms with E-state index in [2.05, 4.69) is 54.7 Å². The third-order valence-corrected chi connectivity index (χ3v) is 3.95. The summed E-state index contributed by atoms with van der Waals surface area (Å²) in [4.78, 5) is 0. The zero-order chi connectivity index (χ0) is 13.1. The maximum Gasteiger partial charge on any atom is 0.0700 e. The van der Waals surface area contributed by atoms with E-state index in [1.165, 1.54) is 29.2 Å². The second kappa shape index (κ2) is 5.72. The van der Waals surface area contributed by atoms with Crippen LogP contribution in [0, 0.1) is 0 Å². The number of nitrogens with one attached hydrogen (secondary N) is 1. The lowest BCUT2D eigenvalue weighted by Crippen LogP contribution is -2.28. The van der Waals surface area contributed by atoms with Crippen molar-refractivity contribution in [3.8, 4) is 0 Å². The van der Waals surface area contributed by atoms with E-state index in [0.29, 0.717) is 12.1 Å². The van der Waals surface area contributed by atoms with Crippen LogP contribution in [0.3, 0.4) is 0 Å². The highest BCUT2D eigenvalue weighted by atomic mass is 16.5. The lowest BCUT2D eigenvalue weighted by atomic mass is 10.0. The van der Waals surface area contributed by atoms with E-state index in [4.69, 9.17) is 4.74 Å². The topological polar surface area (TPSA) is 21.3 Å². The summed E-state index contributed by atoms with van der Waals surface area (Å²) in [5, 5.41) is 6.19. The summed E-state index contributed by atoms with van der Waals surface area (Å²) >= 11 is 0. The molecule has 0 aliphatic carbocycles. The Morgan fingerprint density at radius 1 is 1.21 bits per heavy atom. The molecule has 2 nitrogen and oxygen atoms in total. The van der Waals surface area contributed by atoms with E-state index >= 15 is 0 Å². The zero-order valence-corrected chi connectivity index (χ0v) is 11.4. The van der Waals surface area contributed by atoms with Crippen molar-refractivity contribution in [3.63, 3.8) is 0 Å². The molecule has 100 valence electrons. The Balaban J connectivity index is 1.68. The van der Waals surface area contributed by atoms with Crippen LogP contribution >= 0.6 is 0 Å². The predicted molar refractivity (Wildman–Crippen MR) is 79.3 cm³/mol. The molecule has 0 saturated carbocycles. The van der Waals surface area contributed by atoms with E-state index in [9.17, 15) is 0 Å². The first-order valence-corrected chi connectivity index (χ1v) is 7.16. The smallest absolute Gasteiger partial charge is 0.0700 e. The van der Waals surface area contributed by atoms with Gasteiger partial charge in [-0.2, -0.15) is 0 Å². The molecule has 0 aromatic heterocycles. The Morgan fingerprint density at radius 2 is 2.05 bits per heavy atom. The van der Waals surface area contributed by atoms with E-state index in [-0.39, 0.29) is 0 Å². The molecular weight excluding hydrogens is 234 g/mol. The summed E-state index contributed by atoms with van der Waals surface area (Å²) in [5.74, 6) is 0. The monoisotopic (exact) mass is 255 g/mol. The second-order valence-electron chi connectivity index (χ2n) is 5.37. The summed E-state index contributed by atoms with van der Waals surface area (Å²) in [5.41, 5.74) is 1.34. The van der Waals surface area contributed by atoms with Crippen molar-refractivity contribution in [2.75, 3.05) is 13.2 Å². The Labute approximate surface area is 114 Å². The van der Waals surface area contributed by atoms with Gasteiger partial charge in [0.05, 0.1) is 6.10 Å². The third-order valence-electron chi connectivity index (χ3n) is 3.95. The third kappa shape index (κ3) is 2.96. The minimum absolute atomic E-state index is 0.369. The lowest BCUT2D eigenvalue weighted by molar-refractivity contribution is 0.108. The number of ether oxygens (including phenoxy) is 1. The fourth-order valence-electron chi connectivity index (χ4n) is 2.71. The summed E-state index contributed by atoms with van der Waals surface area (Å²) < 4.78 is 5.65. The fourth-order valence-corrected chi connectivity index (χ4v) is 2.71. The number of rotatable bonds is 4. The number of hydrogen-bond acceptors (Lipinski definition) is 2. The van der Waals surface area contributed by atoms with Crippen LogP contribution in [0.15, 0.2) is 42.5 Å². The van der Waals surface area contributed by atoms with Crippen LogP contribution in [0.4, 0.5) is 0 Å². The zero-order valence-electron chi connectivity index (χ0n) is 11.4. The van der Waals surface area contributed by atoms with E-state index in [0.717, 1.165) is 13.2 Å². The maximum atomic E-state index is 5.65. The maximum absolute atomic E-state index is 5.65. The summed E-state index contributed by atoms with van der Waals surface area (Å²) in [6.45, 7) is 4.10. The highest BCUT2D eigenvalue weighted by Gasteiger charge is 2.16. The minimum atomic E-state index is 0.369. The van der Waals surface area contributed by atoms with Crippen molar-refractivity contribution in [1.82, 2.24) is 5.32 Å². The molecule has 1 aliphatic rings. The van der Waals surface area contributed by atoms with Gasteiger partial charge in [0, 0.05) is 19.2 Å². The van der Waals surface area contributed by atoms with Gasteiger partial charge < -0.3 is 10.1 Å². The highest BCUT2D eigenvalue weighted by molar-refractivity contribution is 5.83. The molecule has 2 atom stereocenters. The van der Waals surface area contributed by atoms with Gasteiger partial charge in [-0.1, -0.05) is 36.4 Å². The minimum Gasteiger partial charge on any atom is -0.377 e. The molecule has 1 heterocycles. The Morgan fingerprint density at radius 3 is 2.84 bits per heavy atom. The van der Waals surface area contributed by atoms with Crippen LogP contribution in [0.1, 0.15) is 31.4 Å². The molecule has 2 heteroatoms. The van der Waals surface area contributed by atoms with Gasteiger partial charge in [-0.3, -0.25) is 0 Å². The molecule has 2 aromatic rings. The van der Waals surface area contributed by atoms with Crippen molar-refractivity contribution in [2.45, 2.75) is 31.9 Å². The fraction of sp³-hybridized carbons (Fsp3) is 0.412. The van der Waals surface area contributed by atoms with Crippen LogP contribution in [0.25, 0.3) is 10.8 Å². The average molecular weight is 255 g/mol. The first kappa shape index (κ1) is 12.6. The summed E-state index contributed by atoms with van der Waals surface area (Å²) in [6.07, 6.45) is 2.80. The molecule has 19 heavy (non-hydrogen) atoms. The van der Waals surface area contributed by atoms with Gasteiger partial charge in [0.15, 0.2) is 0 Å². The molecule has 1 fully saturated rings. The molecule has 0 bridgehead atoms. The summed E-state index contributed by atoms with van der Waals surface area (Å²) in [6, 6.07) is 15.6. The first-order chi connectivity index (χ1) is 9.33. The van der Waals surface area contributed by atoms with Crippen molar-refractivity contribution in [1.29, 1.82) is 0 Å². The lowest BCUT2D eigenvalue weighted by Gasteiger charge is -2.17. The number of fused-ring (bicyclic) bond motifs is 1. The Hall–Kier alpha value is -1.38. The van der Waals surface area contributed by atoms with Crippen LogP contribution < -0.4 is 5.32 Å². The molecular formula is C17H21NO. The van der Waals surface area contributed by atoms with Gasteiger partial charge in [-0.15, -0.1) is 0 Å². The molecule has 3 rings (SSSR count). The molecule has 1 saturated heterocycles. The van der Waals surface area contributed by atoms with Gasteiger partial charge in [0.1, 0.15) is 0 Å². The van der Waals surface area contributed by atoms with Crippen LogP contribution in [-0.2, 0) is 4.74 Å². The normalized spacial score (nSPS) is 20.8. The quantitative estimate of drug-likeness (QED) is 0.900. The van der Waals surface area contributed by atoms with Gasteiger partial charge >= 0.3 is 0 Å². The van der Waals surface area contributed by atoms with Gasteiger partial charge in [0.25, 0.3) is 0 Å². The highest BCUT2D eigenvalue weighted by Crippen LogP contribution is 2.20. The Bertz CT molecular complexity index is 546. The standard InChI is InChI=1S/C17H21NO/c1-13(18-12-17-7-4-10-19-17)15-9-8-14-5-2-3-6-16(14)11-15/h2-3,5-6,8-9,11,13,17-18H,4,7,10,12H2,1H3. The molecule has 2 unspecified atom stereocenters. The Kier molecular flexibility index (Phi) is 3.81. The van der Waals surface area contributed by atoms with Crippen molar-refractivity contribution in [2.24, 2.45) is 0 Å². The summed E-state index contributed by atoms with van der Waals surface area (Å²) in [7, 11) is 0. The second-order valence-corrected chi connectivity index (χ2v) is 5.37. The molecule has 0 spiro atoms. The molecule has 1 aliphatic heterocycles. The average Bonchev–Trinajstić information content (AvgIpc) is 2.97. The molecule has 2 aromatic carbocycles. The first-order valence-electron chi connectivity index (χ1n) is 7.16. The van der Waals surface area contributed by atoms with E-state index in [1.807, 2.05) is 0 Å². The molecule has 0 amide bonds. The van der Waals surface area contributed by atoms with Crippen molar-refractivity contribution in [3.05, 3.63) is 48.0 Å². The SMILES string of the molecule is CC(NCC1CCCO1)c1ccc2ccccc2c1. The van der Waals surface area contributed by atoms with Crippen LogP contribution in [-0.4, -0.2) is 19.3 Å². The number of benzene rings is 2. The van der Waals surface area contributed by atoms with Gasteiger partial charge in [0.2, 0.25) is 0 Å². The van der Waals surface area contributed by atoms with E-state index in [1.54, 1.807) is 0 Å². The van der Waals surface area contributed by atoms with Gasteiger partial charge in [-0.25, -0.2) is 0 Å².